The maximum atomic E-state index is 4.97. The number of anilines is 1. The van der Waals surface area contributed by atoms with Gasteiger partial charge in [-0.25, -0.2) is 4.98 Å². The molecule has 1 aromatic heterocycles. The second kappa shape index (κ2) is 6.02. The van der Waals surface area contributed by atoms with E-state index in [1.807, 2.05) is 11.3 Å². The van der Waals surface area contributed by atoms with Crippen LogP contribution in [-0.2, 0) is 13.0 Å². The number of nitrogens with one attached hydrogen (secondary N) is 1. The molecule has 4 heteroatoms. The van der Waals surface area contributed by atoms with E-state index in [-0.39, 0.29) is 0 Å². The van der Waals surface area contributed by atoms with E-state index in [0.717, 1.165) is 24.9 Å². The van der Waals surface area contributed by atoms with E-state index in [9.17, 15) is 0 Å². The van der Waals surface area contributed by atoms with Gasteiger partial charge in [-0.15, -0.1) is 11.3 Å². The molecule has 1 N–H and O–H groups in total. The van der Waals surface area contributed by atoms with Crippen molar-refractivity contribution in [3.05, 3.63) is 10.6 Å². The highest BCUT2D eigenvalue weighted by Crippen LogP contribution is 2.34. The van der Waals surface area contributed by atoms with Crippen molar-refractivity contribution in [2.75, 3.05) is 11.4 Å². The van der Waals surface area contributed by atoms with Crippen LogP contribution in [0.4, 0.5) is 5.13 Å². The van der Waals surface area contributed by atoms with Gasteiger partial charge in [-0.2, -0.15) is 0 Å². The largest absolute Gasteiger partial charge is 0.345 e. The Morgan fingerprint density at radius 3 is 2.75 bits per heavy atom. The van der Waals surface area contributed by atoms with Gasteiger partial charge < -0.3 is 10.2 Å². The minimum Gasteiger partial charge on any atom is -0.345 e. The van der Waals surface area contributed by atoms with E-state index < -0.39 is 0 Å². The molecule has 0 radical (unpaired) electrons. The molecule has 3 rings (SSSR count). The first kappa shape index (κ1) is 14.3. The average molecular weight is 293 g/mol. The second-order valence-corrected chi connectivity index (χ2v) is 7.68. The number of aryl methyl sites for hydroxylation is 1. The van der Waals surface area contributed by atoms with E-state index >= 15 is 0 Å². The summed E-state index contributed by atoms with van der Waals surface area (Å²) >= 11 is 1.92. The van der Waals surface area contributed by atoms with Crippen LogP contribution in [0.5, 0.6) is 0 Å². The third kappa shape index (κ3) is 3.17. The Morgan fingerprint density at radius 2 is 2.15 bits per heavy atom. The van der Waals surface area contributed by atoms with Crippen molar-refractivity contribution in [2.24, 2.45) is 5.92 Å². The Bertz CT molecular complexity index is 453. The maximum Gasteiger partial charge on any atom is 0.186 e. The minimum atomic E-state index is 0.648. The van der Waals surface area contributed by atoms with Gasteiger partial charge in [-0.3, -0.25) is 0 Å². The standard InChI is InChI=1S/C16H27N3S/c1-4-5-14-15(9-17-13-6-7-13)20-16(18-14)19-10-11(2)8-12(19)3/h11-13,17H,4-10H2,1-3H3. The molecular weight excluding hydrogens is 266 g/mol. The van der Waals surface area contributed by atoms with E-state index in [2.05, 4.69) is 31.0 Å². The predicted octanol–water partition coefficient (Wildman–Crippen LogP) is 3.58. The summed E-state index contributed by atoms with van der Waals surface area (Å²) < 4.78 is 0. The van der Waals surface area contributed by atoms with Crippen LogP contribution < -0.4 is 10.2 Å². The Kier molecular flexibility index (Phi) is 4.32. The van der Waals surface area contributed by atoms with Crippen molar-refractivity contribution in [3.8, 4) is 0 Å². The first-order valence-electron chi connectivity index (χ1n) is 8.16. The fourth-order valence-corrected chi connectivity index (χ4v) is 4.32. The summed E-state index contributed by atoms with van der Waals surface area (Å²) in [4.78, 5) is 8.97. The Labute approximate surface area is 126 Å². The fraction of sp³-hybridized carbons (Fsp3) is 0.812. The SMILES string of the molecule is CCCc1nc(N2CC(C)CC2C)sc1CNC1CC1. The highest BCUT2D eigenvalue weighted by atomic mass is 32.1. The number of hydrogen-bond acceptors (Lipinski definition) is 4. The normalized spacial score (nSPS) is 26.4. The van der Waals surface area contributed by atoms with E-state index in [1.54, 1.807) is 0 Å². The number of hydrogen-bond donors (Lipinski definition) is 1. The molecule has 0 bridgehead atoms. The average Bonchev–Trinajstić information content (AvgIpc) is 3.06. The first-order chi connectivity index (χ1) is 9.67. The lowest BCUT2D eigenvalue weighted by Gasteiger charge is -2.20. The van der Waals surface area contributed by atoms with Crippen LogP contribution in [0.15, 0.2) is 0 Å². The molecule has 1 aliphatic carbocycles. The molecule has 1 aliphatic heterocycles. The summed E-state index contributed by atoms with van der Waals surface area (Å²) in [6.07, 6.45) is 6.32. The molecule has 20 heavy (non-hydrogen) atoms. The number of rotatable bonds is 6. The highest BCUT2D eigenvalue weighted by Gasteiger charge is 2.29. The van der Waals surface area contributed by atoms with Gasteiger partial charge in [-0.1, -0.05) is 20.3 Å². The van der Waals surface area contributed by atoms with Crippen LogP contribution >= 0.6 is 11.3 Å². The molecule has 1 saturated carbocycles. The maximum absolute atomic E-state index is 4.97. The molecule has 2 unspecified atom stereocenters. The number of aromatic nitrogens is 1. The van der Waals surface area contributed by atoms with Crippen LogP contribution in [0.2, 0.25) is 0 Å². The molecule has 2 heterocycles. The van der Waals surface area contributed by atoms with Crippen molar-refractivity contribution >= 4 is 16.5 Å². The zero-order valence-electron chi connectivity index (χ0n) is 13.0. The molecule has 0 aromatic carbocycles. The van der Waals surface area contributed by atoms with Gasteiger partial charge in [0.1, 0.15) is 0 Å². The number of thiazole rings is 1. The summed E-state index contributed by atoms with van der Waals surface area (Å²) in [5.74, 6) is 0.802. The topological polar surface area (TPSA) is 28.2 Å². The number of nitrogens with zero attached hydrogens (tertiary/aromatic N) is 2. The monoisotopic (exact) mass is 293 g/mol. The molecule has 2 atom stereocenters. The molecule has 1 aromatic rings. The smallest absolute Gasteiger partial charge is 0.186 e. The van der Waals surface area contributed by atoms with E-state index in [1.165, 1.54) is 47.9 Å². The third-order valence-corrected chi connectivity index (χ3v) is 5.55. The van der Waals surface area contributed by atoms with Gasteiger partial charge in [0.25, 0.3) is 0 Å². The fourth-order valence-electron chi connectivity index (χ4n) is 3.15. The Morgan fingerprint density at radius 1 is 1.35 bits per heavy atom. The molecule has 2 aliphatic rings. The van der Waals surface area contributed by atoms with E-state index in [4.69, 9.17) is 4.98 Å². The van der Waals surface area contributed by atoms with Crippen LogP contribution in [0.3, 0.4) is 0 Å². The lowest BCUT2D eigenvalue weighted by Crippen LogP contribution is -2.26. The first-order valence-corrected chi connectivity index (χ1v) is 8.97. The summed E-state index contributed by atoms with van der Waals surface area (Å²) in [7, 11) is 0. The van der Waals surface area contributed by atoms with Crippen molar-refractivity contribution in [1.82, 2.24) is 10.3 Å². The third-order valence-electron chi connectivity index (χ3n) is 4.41. The van der Waals surface area contributed by atoms with Gasteiger partial charge in [0.05, 0.1) is 5.69 Å². The molecular formula is C16H27N3S. The predicted molar refractivity (Wildman–Crippen MR) is 86.6 cm³/mol. The van der Waals surface area contributed by atoms with Gasteiger partial charge in [0, 0.05) is 30.1 Å². The van der Waals surface area contributed by atoms with Crippen molar-refractivity contribution in [1.29, 1.82) is 0 Å². The summed E-state index contributed by atoms with van der Waals surface area (Å²) in [6, 6.07) is 1.43. The molecule has 2 fully saturated rings. The van der Waals surface area contributed by atoms with Crippen molar-refractivity contribution in [2.45, 2.75) is 71.5 Å². The Hall–Kier alpha value is -0.610. The quantitative estimate of drug-likeness (QED) is 0.869. The van der Waals surface area contributed by atoms with E-state index in [0.29, 0.717) is 6.04 Å². The van der Waals surface area contributed by atoms with Crippen molar-refractivity contribution < 1.29 is 0 Å². The highest BCUT2D eigenvalue weighted by molar-refractivity contribution is 7.15. The van der Waals surface area contributed by atoms with Crippen LogP contribution in [0.1, 0.15) is 57.0 Å². The summed E-state index contributed by atoms with van der Waals surface area (Å²) in [6.45, 7) is 9.14. The molecule has 112 valence electrons. The molecule has 0 spiro atoms. The van der Waals surface area contributed by atoms with Gasteiger partial charge in [0.2, 0.25) is 0 Å². The zero-order valence-corrected chi connectivity index (χ0v) is 13.8. The molecule has 3 nitrogen and oxygen atoms in total. The van der Waals surface area contributed by atoms with Crippen LogP contribution in [-0.4, -0.2) is 23.6 Å². The minimum absolute atomic E-state index is 0.648. The molecule has 1 saturated heterocycles. The zero-order chi connectivity index (χ0) is 14.1. The van der Waals surface area contributed by atoms with Gasteiger partial charge in [-0.05, 0) is 38.5 Å². The Balaban J connectivity index is 1.74. The summed E-state index contributed by atoms with van der Waals surface area (Å²) in [5, 5.41) is 4.91. The van der Waals surface area contributed by atoms with Crippen LogP contribution in [0.25, 0.3) is 0 Å². The lowest BCUT2D eigenvalue weighted by molar-refractivity contribution is 0.625. The van der Waals surface area contributed by atoms with Crippen LogP contribution in [0, 0.1) is 5.92 Å². The summed E-state index contributed by atoms with van der Waals surface area (Å²) in [5.41, 5.74) is 1.34. The lowest BCUT2D eigenvalue weighted by atomic mass is 10.1. The second-order valence-electron chi connectivity index (χ2n) is 6.61. The van der Waals surface area contributed by atoms with Gasteiger partial charge in [0.15, 0.2) is 5.13 Å². The molecule has 0 amide bonds. The van der Waals surface area contributed by atoms with Gasteiger partial charge >= 0.3 is 0 Å². The van der Waals surface area contributed by atoms with Crippen molar-refractivity contribution in [3.63, 3.8) is 0 Å².